The first kappa shape index (κ1) is 22.6. The van der Waals surface area contributed by atoms with E-state index in [1.54, 1.807) is 0 Å². The molecule has 34 heavy (non-hydrogen) atoms. The third-order valence-corrected chi connectivity index (χ3v) is 7.23. The van der Waals surface area contributed by atoms with Gasteiger partial charge in [-0.25, -0.2) is 9.59 Å². The number of hydrogen-bond donors (Lipinski definition) is 0. The number of carbonyl (C=O) groups is 3. The van der Waals surface area contributed by atoms with Crippen LogP contribution in [-0.4, -0.2) is 28.7 Å². The number of carbonyl (C=O) groups excluding carboxylic acids is 3. The first-order valence-electron chi connectivity index (χ1n) is 12.1. The number of aryl methyl sites for hydroxylation is 2. The number of likely N-dealkylation sites (tertiary alicyclic amines) is 1. The molecule has 1 aromatic carbocycles. The molecule has 0 bridgehead atoms. The summed E-state index contributed by atoms with van der Waals surface area (Å²) < 4.78 is 11.1. The van der Waals surface area contributed by atoms with Gasteiger partial charge in [-0.05, 0) is 67.7 Å². The van der Waals surface area contributed by atoms with Crippen molar-refractivity contribution >= 4 is 28.8 Å². The second-order valence-corrected chi connectivity index (χ2v) is 10.0. The molecule has 0 radical (unpaired) electrons. The van der Waals surface area contributed by atoms with Crippen LogP contribution in [-0.2, 0) is 38.6 Å². The van der Waals surface area contributed by atoms with Crippen molar-refractivity contribution in [3.63, 3.8) is 0 Å². The molecule has 1 fully saturated rings. The molecule has 178 valence electrons. The molecule has 3 atom stereocenters. The fourth-order valence-electron chi connectivity index (χ4n) is 5.55. The van der Waals surface area contributed by atoms with Crippen molar-refractivity contribution in [2.45, 2.75) is 65.0 Å². The first-order chi connectivity index (χ1) is 16.3. The molecule has 1 aliphatic heterocycles. The number of imide groups is 1. The second kappa shape index (κ2) is 8.85. The molecule has 3 aliphatic rings. The van der Waals surface area contributed by atoms with Crippen LogP contribution < -0.4 is 5.63 Å². The smallest absolute Gasteiger partial charge is 0.336 e. The molecule has 0 unspecified atom stereocenters. The fraction of sp³-hybridized carbons (Fsp3) is 0.481. The molecule has 7 nitrogen and oxygen atoms in total. The average molecular weight is 464 g/mol. The highest BCUT2D eigenvalue weighted by molar-refractivity contribution is 6.08. The van der Waals surface area contributed by atoms with E-state index in [0.29, 0.717) is 30.4 Å². The summed E-state index contributed by atoms with van der Waals surface area (Å²) in [4.78, 5) is 52.7. The molecule has 2 aliphatic carbocycles. The van der Waals surface area contributed by atoms with Gasteiger partial charge in [-0.2, -0.15) is 0 Å². The fourth-order valence-corrected chi connectivity index (χ4v) is 5.55. The summed E-state index contributed by atoms with van der Waals surface area (Å²) in [5.74, 6) is -1.92. The van der Waals surface area contributed by atoms with E-state index in [4.69, 9.17) is 9.15 Å². The quantitative estimate of drug-likeness (QED) is 0.281. The number of hydrogen-bond acceptors (Lipinski definition) is 6. The minimum absolute atomic E-state index is 0.0751. The Balaban J connectivity index is 1.40. The van der Waals surface area contributed by atoms with Gasteiger partial charge in [0.25, 0.3) is 0 Å². The third-order valence-electron chi connectivity index (χ3n) is 7.23. The van der Waals surface area contributed by atoms with Crippen LogP contribution in [0.25, 0.3) is 11.0 Å². The Labute approximate surface area is 197 Å². The molecule has 2 amide bonds. The van der Waals surface area contributed by atoms with Crippen LogP contribution in [0.1, 0.15) is 56.2 Å². The highest BCUT2D eigenvalue weighted by atomic mass is 16.5. The van der Waals surface area contributed by atoms with Crippen molar-refractivity contribution < 1.29 is 23.5 Å². The summed E-state index contributed by atoms with van der Waals surface area (Å²) in [5.41, 5.74) is 2.95. The molecule has 5 rings (SSSR count). The maximum absolute atomic E-state index is 13.3. The van der Waals surface area contributed by atoms with E-state index in [2.05, 4.69) is 0 Å². The molecule has 1 aromatic heterocycles. The van der Waals surface area contributed by atoms with Crippen LogP contribution in [0.3, 0.4) is 0 Å². The van der Waals surface area contributed by atoms with Crippen molar-refractivity contribution in [3.8, 4) is 0 Å². The normalized spacial score (nSPS) is 22.4. The summed E-state index contributed by atoms with van der Waals surface area (Å²) in [6.07, 6.45) is 8.21. The van der Waals surface area contributed by atoms with Gasteiger partial charge in [0.1, 0.15) is 18.2 Å². The Kier molecular flexibility index (Phi) is 5.88. The number of rotatable bonds is 6. The standard InChI is InChI=1S/C27H29NO6/c1-15(2)10-22(28-25(30)19-8-3-4-9-20(19)26(28)31)27(32)33-14-18-13-24(29)34-23-12-17-7-5-6-16(17)11-21(18)23/h3-4,11-13,15,19-20,22H,5-10,14H2,1-2H3/t19-,20-,22-/m0/s1. The van der Waals surface area contributed by atoms with Gasteiger partial charge >= 0.3 is 11.6 Å². The van der Waals surface area contributed by atoms with Gasteiger partial charge in [-0.1, -0.05) is 26.0 Å². The zero-order valence-corrected chi connectivity index (χ0v) is 19.5. The minimum atomic E-state index is -0.971. The average Bonchev–Trinajstić information content (AvgIpc) is 3.36. The molecule has 7 heteroatoms. The van der Waals surface area contributed by atoms with Crippen LogP contribution >= 0.6 is 0 Å². The van der Waals surface area contributed by atoms with E-state index in [0.717, 1.165) is 29.5 Å². The van der Waals surface area contributed by atoms with Crippen LogP contribution in [0.5, 0.6) is 0 Å². The Morgan fingerprint density at radius 3 is 2.32 bits per heavy atom. The number of fused-ring (bicyclic) bond motifs is 3. The molecule has 0 saturated carbocycles. The van der Waals surface area contributed by atoms with Crippen LogP contribution in [0.4, 0.5) is 0 Å². The number of amides is 2. The van der Waals surface area contributed by atoms with E-state index in [9.17, 15) is 19.2 Å². The first-order valence-corrected chi connectivity index (χ1v) is 12.1. The summed E-state index contributed by atoms with van der Waals surface area (Å²) >= 11 is 0. The number of esters is 1. The molecular formula is C27H29NO6. The Hall–Kier alpha value is -3.22. The predicted octanol–water partition coefficient (Wildman–Crippen LogP) is 3.69. The van der Waals surface area contributed by atoms with Crippen molar-refractivity contribution in [3.05, 3.63) is 57.5 Å². The van der Waals surface area contributed by atoms with E-state index < -0.39 is 29.5 Å². The zero-order chi connectivity index (χ0) is 24.0. The SMILES string of the molecule is CC(C)C[C@@H](C(=O)OCc1cc(=O)oc2cc3c(cc12)CCC3)N1C(=O)[C@H]2CC=CC[C@@H]2C1=O. The minimum Gasteiger partial charge on any atom is -0.459 e. The molecular weight excluding hydrogens is 434 g/mol. The van der Waals surface area contributed by atoms with Gasteiger partial charge in [0.2, 0.25) is 11.8 Å². The predicted molar refractivity (Wildman–Crippen MR) is 125 cm³/mol. The van der Waals surface area contributed by atoms with E-state index >= 15 is 0 Å². The lowest BCUT2D eigenvalue weighted by molar-refractivity contribution is -0.160. The topological polar surface area (TPSA) is 93.9 Å². The van der Waals surface area contributed by atoms with E-state index in [1.807, 2.05) is 38.1 Å². The molecule has 0 N–H and O–H groups in total. The van der Waals surface area contributed by atoms with Crippen molar-refractivity contribution in [1.29, 1.82) is 0 Å². The Morgan fingerprint density at radius 2 is 1.68 bits per heavy atom. The zero-order valence-electron chi connectivity index (χ0n) is 19.5. The van der Waals surface area contributed by atoms with Crippen LogP contribution in [0.2, 0.25) is 0 Å². The Bertz CT molecular complexity index is 1230. The van der Waals surface area contributed by atoms with Crippen LogP contribution in [0.15, 0.2) is 39.6 Å². The monoisotopic (exact) mass is 463 g/mol. The highest BCUT2D eigenvalue weighted by Crippen LogP contribution is 2.37. The van der Waals surface area contributed by atoms with Crippen molar-refractivity contribution in [2.24, 2.45) is 17.8 Å². The number of ether oxygens (including phenoxy) is 1. The van der Waals surface area contributed by atoms with E-state index in [1.165, 1.54) is 17.2 Å². The van der Waals surface area contributed by atoms with Gasteiger partial charge in [0.15, 0.2) is 0 Å². The third kappa shape index (κ3) is 3.97. The maximum atomic E-state index is 13.3. The lowest BCUT2D eigenvalue weighted by Gasteiger charge is -2.26. The summed E-state index contributed by atoms with van der Waals surface area (Å²) in [5, 5.41) is 0.749. The van der Waals surface area contributed by atoms with Crippen molar-refractivity contribution in [1.82, 2.24) is 4.90 Å². The van der Waals surface area contributed by atoms with E-state index in [-0.39, 0.29) is 24.3 Å². The largest absolute Gasteiger partial charge is 0.459 e. The maximum Gasteiger partial charge on any atom is 0.336 e. The Morgan fingerprint density at radius 1 is 1.03 bits per heavy atom. The molecule has 2 aromatic rings. The lowest BCUT2D eigenvalue weighted by Crippen LogP contribution is -2.47. The molecule has 2 heterocycles. The van der Waals surface area contributed by atoms with Crippen molar-refractivity contribution in [2.75, 3.05) is 0 Å². The summed E-state index contributed by atoms with van der Waals surface area (Å²) in [6.45, 7) is 3.76. The summed E-state index contributed by atoms with van der Waals surface area (Å²) in [7, 11) is 0. The number of allylic oxidation sites excluding steroid dienone is 2. The van der Waals surface area contributed by atoms with Gasteiger partial charge in [-0.15, -0.1) is 0 Å². The summed E-state index contributed by atoms with van der Waals surface area (Å²) in [6, 6.07) is 4.30. The lowest BCUT2D eigenvalue weighted by atomic mass is 9.85. The number of benzene rings is 1. The van der Waals surface area contributed by atoms with Crippen LogP contribution in [0, 0.1) is 17.8 Å². The highest BCUT2D eigenvalue weighted by Gasteiger charge is 2.51. The number of nitrogens with zero attached hydrogens (tertiary/aromatic N) is 1. The van der Waals surface area contributed by atoms with Gasteiger partial charge < -0.3 is 9.15 Å². The second-order valence-electron chi connectivity index (χ2n) is 10.0. The van der Waals surface area contributed by atoms with Gasteiger partial charge in [0.05, 0.1) is 11.8 Å². The van der Waals surface area contributed by atoms with Gasteiger partial charge in [0, 0.05) is 17.0 Å². The van der Waals surface area contributed by atoms with Gasteiger partial charge in [-0.3, -0.25) is 14.5 Å². The molecule has 1 saturated heterocycles. The molecule has 0 spiro atoms.